The summed E-state index contributed by atoms with van der Waals surface area (Å²) >= 11 is 0. The van der Waals surface area contributed by atoms with Crippen LogP contribution in [0.25, 0.3) is 10.8 Å². The Morgan fingerprint density at radius 1 is 0.933 bits per heavy atom. The summed E-state index contributed by atoms with van der Waals surface area (Å²) in [5.41, 5.74) is 0.359. The van der Waals surface area contributed by atoms with Crippen LogP contribution in [0.15, 0.2) is 42.5 Å². The molecule has 0 aliphatic carbocycles. The van der Waals surface area contributed by atoms with Gasteiger partial charge in [-0.15, -0.1) is 0 Å². The van der Waals surface area contributed by atoms with Crippen molar-refractivity contribution in [3.8, 4) is 0 Å². The first kappa shape index (κ1) is 14.2. The summed E-state index contributed by atoms with van der Waals surface area (Å²) in [6.07, 6.45) is 0. The van der Waals surface area contributed by atoms with E-state index in [0.29, 0.717) is 5.56 Å². The van der Waals surface area contributed by atoms with Gasteiger partial charge in [-0.3, -0.25) is 0 Å². The van der Waals surface area contributed by atoms with Crippen LogP contribution in [0, 0.1) is 0 Å². The molecule has 0 heterocycles. The van der Waals surface area contributed by atoms with E-state index in [1.807, 2.05) is 30.3 Å². The standard InChI is InChI=1S/C11H8O2.2Mn/c12-11(13)10-7-3-5-8-4-1-2-6-9(8)10;;/h1-7H,(H,12,13);;. The summed E-state index contributed by atoms with van der Waals surface area (Å²) in [6, 6.07) is 12.7. The van der Waals surface area contributed by atoms with Crippen molar-refractivity contribution < 1.29 is 44.0 Å². The van der Waals surface area contributed by atoms with E-state index in [-0.39, 0.29) is 34.1 Å². The number of aromatic carboxylic acids is 1. The Kier molecular flexibility index (Phi) is 5.63. The van der Waals surface area contributed by atoms with Crippen LogP contribution in [-0.4, -0.2) is 11.1 Å². The van der Waals surface area contributed by atoms with Crippen molar-refractivity contribution in [1.82, 2.24) is 0 Å². The van der Waals surface area contributed by atoms with Crippen LogP contribution in [0.1, 0.15) is 10.4 Å². The van der Waals surface area contributed by atoms with Crippen molar-refractivity contribution in [3.05, 3.63) is 48.0 Å². The molecule has 4 heteroatoms. The first-order chi connectivity index (χ1) is 6.29. The molecule has 0 saturated carbocycles. The first-order valence-electron chi connectivity index (χ1n) is 4.00. The van der Waals surface area contributed by atoms with Crippen molar-refractivity contribution in [2.75, 3.05) is 0 Å². The third kappa shape index (κ3) is 2.83. The van der Waals surface area contributed by atoms with Gasteiger partial charge in [-0.25, -0.2) is 4.79 Å². The molecule has 0 unspecified atom stereocenters. The molecule has 0 saturated heterocycles. The zero-order chi connectivity index (χ0) is 9.26. The third-order valence-corrected chi connectivity index (χ3v) is 2.02. The number of carboxylic acid groups (broad SMARTS) is 1. The maximum Gasteiger partial charge on any atom is 0.336 e. The number of carbonyl (C=O) groups is 1. The molecular weight excluding hydrogens is 274 g/mol. The van der Waals surface area contributed by atoms with Gasteiger partial charge in [0.15, 0.2) is 0 Å². The SMILES string of the molecule is O=C(O)c1cccc2ccccc12.[Mn].[Mn]. The molecule has 0 aliphatic rings. The summed E-state index contributed by atoms with van der Waals surface area (Å²) < 4.78 is 0. The van der Waals surface area contributed by atoms with Gasteiger partial charge in [0.25, 0.3) is 0 Å². The Labute approximate surface area is 109 Å². The molecule has 0 bridgehead atoms. The van der Waals surface area contributed by atoms with E-state index in [9.17, 15) is 4.79 Å². The number of benzene rings is 2. The predicted molar refractivity (Wildman–Crippen MR) is 50.9 cm³/mol. The minimum Gasteiger partial charge on any atom is -0.478 e. The molecule has 2 aromatic carbocycles. The van der Waals surface area contributed by atoms with Crippen LogP contribution in [0.2, 0.25) is 0 Å². The summed E-state index contributed by atoms with van der Waals surface area (Å²) in [5.74, 6) is -0.878. The molecule has 0 aliphatic heterocycles. The predicted octanol–water partition coefficient (Wildman–Crippen LogP) is 2.53. The van der Waals surface area contributed by atoms with Crippen LogP contribution in [0.3, 0.4) is 0 Å². The second kappa shape index (κ2) is 5.94. The van der Waals surface area contributed by atoms with E-state index < -0.39 is 5.97 Å². The van der Waals surface area contributed by atoms with E-state index in [2.05, 4.69) is 0 Å². The Bertz CT molecular complexity index is 464. The van der Waals surface area contributed by atoms with Gasteiger partial charge < -0.3 is 5.11 Å². The van der Waals surface area contributed by atoms with E-state index >= 15 is 0 Å². The van der Waals surface area contributed by atoms with Crippen molar-refractivity contribution in [3.63, 3.8) is 0 Å². The molecule has 15 heavy (non-hydrogen) atoms. The molecule has 0 aromatic heterocycles. The van der Waals surface area contributed by atoms with Gasteiger partial charge in [0.05, 0.1) is 5.56 Å². The minimum absolute atomic E-state index is 0. The smallest absolute Gasteiger partial charge is 0.336 e. The molecule has 2 nitrogen and oxygen atoms in total. The van der Waals surface area contributed by atoms with Crippen LogP contribution >= 0.6 is 0 Å². The van der Waals surface area contributed by atoms with Crippen molar-refractivity contribution >= 4 is 16.7 Å². The number of fused-ring (bicyclic) bond motifs is 1. The number of rotatable bonds is 1. The van der Waals surface area contributed by atoms with Gasteiger partial charge in [0, 0.05) is 34.1 Å². The van der Waals surface area contributed by atoms with E-state index in [4.69, 9.17) is 5.11 Å². The summed E-state index contributed by atoms with van der Waals surface area (Å²) in [4.78, 5) is 10.8. The summed E-state index contributed by atoms with van der Waals surface area (Å²) in [6.45, 7) is 0. The number of hydrogen-bond donors (Lipinski definition) is 1. The molecule has 2 radical (unpaired) electrons. The fourth-order valence-electron chi connectivity index (χ4n) is 1.41. The average molecular weight is 282 g/mol. The third-order valence-electron chi connectivity index (χ3n) is 2.02. The van der Waals surface area contributed by atoms with Gasteiger partial charge in [0.1, 0.15) is 0 Å². The molecular formula is C11H8Mn2O2. The fraction of sp³-hybridized carbons (Fsp3) is 0. The minimum atomic E-state index is -0.878. The van der Waals surface area contributed by atoms with Gasteiger partial charge in [-0.1, -0.05) is 36.4 Å². The van der Waals surface area contributed by atoms with Crippen molar-refractivity contribution in [1.29, 1.82) is 0 Å². The Morgan fingerprint density at radius 2 is 1.53 bits per heavy atom. The molecule has 2 aromatic rings. The van der Waals surface area contributed by atoms with Crippen LogP contribution < -0.4 is 0 Å². The molecule has 0 fully saturated rings. The molecule has 1 N–H and O–H groups in total. The van der Waals surface area contributed by atoms with E-state index in [0.717, 1.165) is 10.8 Å². The van der Waals surface area contributed by atoms with Crippen molar-refractivity contribution in [2.24, 2.45) is 0 Å². The molecule has 2 rings (SSSR count). The summed E-state index contributed by atoms with van der Waals surface area (Å²) in [5, 5.41) is 10.6. The van der Waals surface area contributed by atoms with Crippen molar-refractivity contribution in [2.45, 2.75) is 0 Å². The maximum atomic E-state index is 10.8. The normalized spacial score (nSPS) is 8.80. The average Bonchev–Trinajstić information content (AvgIpc) is 2.17. The summed E-state index contributed by atoms with van der Waals surface area (Å²) in [7, 11) is 0. The molecule has 0 spiro atoms. The van der Waals surface area contributed by atoms with Crippen LogP contribution in [0.4, 0.5) is 0 Å². The van der Waals surface area contributed by atoms with Crippen LogP contribution in [-0.2, 0) is 34.1 Å². The second-order valence-electron chi connectivity index (χ2n) is 2.83. The van der Waals surface area contributed by atoms with Gasteiger partial charge in [0.2, 0.25) is 0 Å². The van der Waals surface area contributed by atoms with E-state index in [1.54, 1.807) is 12.1 Å². The Morgan fingerprint density at radius 3 is 2.20 bits per heavy atom. The largest absolute Gasteiger partial charge is 0.478 e. The first-order valence-corrected chi connectivity index (χ1v) is 4.00. The Balaban J connectivity index is 0.000000980. The zero-order valence-electron chi connectivity index (χ0n) is 7.65. The second-order valence-corrected chi connectivity index (χ2v) is 2.83. The van der Waals surface area contributed by atoms with Crippen LogP contribution in [0.5, 0.6) is 0 Å². The molecule has 0 atom stereocenters. The monoisotopic (exact) mass is 282 g/mol. The fourth-order valence-corrected chi connectivity index (χ4v) is 1.41. The quantitative estimate of drug-likeness (QED) is 0.816. The van der Waals surface area contributed by atoms with Gasteiger partial charge >= 0.3 is 5.97 Å². The topological polar surface area (TPSA) is 37.3 Å². The van der Waals surface area contributed by atoms with E-state index in [1.165, 1.54) is 0 Å². The molecule has 0 amide bonds. The number of hydrogen-bond acceptors (Lipinski definition) is 1. The Hall–Kier alpha value is -0.791. The maximum absolute atomic E-state index is 10.8. The zero-order valence-corrected chi connectivity index (χ0v) is 10.0. The molecule has 78 valence electrons. The number of carboxylic acids is 1. The van der Waals surface area contributed by atoms with Gasteiger partial charge in [-0.2, -0.15) is 0 Å². The van der Waals surface area contributed by atoms with Gasteiger partial charge in [-0.05, 0) is 16.8 Å².